The van der Waals surface area contributed by atoms with E-state index >= 15 is 0 Å². The number of anilines is 1. The number of rotatable bonds is 9. The molecular weight excluding hydrogens is 482 g/mol. The van der Waals surface area contributed by atoms with Crippen molar-refractivity contribution in [2.45, 2.75) is 71.8 Å². The number of hydrogen-bond acceptors (Lipinski definition) is 5. The molecule has 1 aliphatic rings. The number of ether oxygens (including phenoxy) is 2. The van der Waals surface area contributed by atoms with E-state index in [0.29, 0.717) is 34.6 Å². The zero-order chi connectivity index (χ0) is 26.4. The topological polar surface area (TPSA) is 64.6 Å². The first-order chi connectivity index (χ1) is 17.8. The Labute approximate surface area is 224 Å². The average molecular weight is 520 g/mol. The second-order valence-electron chi connectivity index (χ2n) is 10.4. The maximum atomic E-state index is 13.2. The van der Waals surface area contributed by atoms with Gasteiger partial charge in [-0.1, -0.05) is 57.4 Å². The highest BCUT2D eigenvalue weighted by atomic mass is 32.1. The SMILES string of the molecule is CC(C)COc1ccc(C(=O)Nc2scc(-c3ccc(C4CCCCC4)cc3)c2C(=O)OC(C)C)cc1. The normalized spacial score (nSPS) is 14.1. The number of hydrogen-bond donors (Lipinski definition) is 1. The molecule has 0 bridgehead atoms. The van der Waals surface area contributed by atoms with E-state index in [2.05, 4.69) is 43.4 Å². The van der Waals surface area contributed by atoms with Gasteiger partial charge in [-0.2, -0.15) is 0 Å². The molecule has 5 nitrogen and oxygen atoms in total. The molecule has 0 radical (unpaired) electrons. The summed E-state index contributed by atoms with van der Waals surface area (Å²) >= 11 is 1.34. The average Bonchev–Trinajstić information content (AvgIpc) is 3.31. The largest absolute Gasteiger partial charge is 0.493 e. The zero-order valence-electron chi connectivity index (χ0n) is 22.2. The first-order valence-corrected chi connectivity index (χ1v) is 14.2. The minimum Gasteiger partial charge on any atom is -0.493 e. The number of amides is 1. The van der Waals surface area contributed by atoms with E-state index in [1.807, 2.05) is 19.2 Å². The van der Waals surface area contributed by atoms with Crippen molar-refractivity contribution in [1.82, 2.24) is 0 Å². The lowest BCUT2D eigenvalue weighted by Crippen LogP contribution is -2.16. The molecule has 37 heavy (non-hydrogen) atoms. The van der Waals surface area contributed by atoms with Crippen LogP contribution >= 0.6 is 11.3 Å². The van der Waals surface area contributed by atoms with Gasteiger partial charge in [0.25, 0.3) is 5.91 Å². The minimum absolute atomic E-state index is 0.268. The Hall–Kier alpha value is -3.12. The summed E-state index contributed by atoms with van der Waals surface area (Å²) in [5.74, 6) is 1.04. The predicted octanol–water partition coefficient (Wildman–Crippen LogP) is 8.32. The van der Waals surface area contributed by atoms with Crippen molar-refractivity contribution in [2.75, 3.05) is 11.9 Å². The van der Waals surface area contributed by atoms with Gasteiger partial charge in [-0.15, -0.1) is 11.3 Å². The van der Waals surface area contributed by atoms with E-state index in [1.165, 1.54) is 49.0 Å². The second kappa shape index (κ2) is 12.4. The molecule has 4 rings (SSSR count). The minimum atomic E-state index is -0.435. The van der Waals surface area contributed by atoms with Crippen LogP contribution in [0.5, 0.6) is 5.75 Å². The van der Waals surface area contributed by atoms with E-state index in [1.54, 1.807) is 24.3 Å². The van der Waals surface area contributed by atoms with Gasteiger partial charge < -0.3 is 14.8 Å². The third kappa shape index (κ3) is 7.01. The lowest BCUT2D eigenvalue weighted by molar-refractivity contribution is 0.0380. The Morgan fingerprint density at radius 1 is 0.946 bits per heavy atom. The van der Waals surface area contributed by atoms with Crippen LogP contribution in [0, 0.1) is 5.92 Å². The van der Waals surface area contributed by atoms with Crippen molar-refractivity contribution in [1.29, 1.82) is 0 Å². The van der Waals surface area contributed by atoms with Crippen molar-refractivity contribution >= 4 is 28.2 Å². The van der Waals surface area contributed by atoms with Gasteiger partial charge >= 0.3 is 5.97 Å². The molecule has 6 heteroatoms. The van der Waals surface area contributed by atoms with Crippen molar-refractivity contribution in [3.05, 3.63) is 70.6 Å². The Balaban J connectivity index is 1.56. The summed E-state index contributed by atoms with van der Waals surface area (Å²) in [7, 11) is 0. The Bertz CT molecular complexity index is 1190. The molecule has 1 fully saturated rings. The van der Waals surface area contributed by atoms with Gasteiger partial charge in [0.15, 0.2) is 0 Å². The van der Waals surface area contributed by atoms with Gasteiger partial charge in [0.2, 0.25) is 0 Å². The number of esters is 1. The van der Waals surface area contributed by atoms with Gasteiger partial charge in [0, 0.05) is 16.5 Å². The molecule has 0 aliphatic heterocycles. The number of thiophene rings is 1. The molecule has 0 unspecified atom stereocenters. The van der Waals surface area contributed by atoms with Crippen LogP contribution in [0.4, 0.5) is 5.00 Å². The van der Waals surface area contributed by atoms with E-state index in [0.717, 1.165) is 16.9 Å². The molecule has 196 valence electrons. The van der Waals surface area contributed by atoms with Crippen LogP contribution in [0.2, 0.25) is 0 Å². The summed E-state index contributed by atoms with van der Waals surface area (Å²) in [6.07, 6.45) is 6.12. The van der Waals surface area contributed by atoms with Crippen molar-refractivity contribution in [3.63, 3.8) is 0 Å². The lowest BCUT2D eigenvalue weighted by atomic mass is 9.83. The number of benzene rings is 2. The molecule has 1 N–H and O–H groups in total. The van der Waals surface area contributed by atoms with Crippen molar-refractivity contribution in [3.8, 4) is 16.9 Å². The van der Waals surface area contributed by atoms with Crippen LogP contribution in [-0.2, 0) is 4.74 Å². The van der Waals surface area contributed by atoms with Crippen LogP contribution in [0.25, 0.3) is 11.1 Å². The van der Waals surface area contributed by atoms with Crippen molar-refractivity contribution in [2.24, 2.45) is 5.92 Å². The summed E-state index contributed by atoms with van der Waals surface area (Å²) < 4.78 is 11.3. The molecule has 0 atom stereocenters. The molecule has 1 amide bonds. The quantitative estimate of drug-likeness (QED) is 0.289. The molecule has 2 aromatic carbocycles. The maximum absolute atomic E-state index is 13.2. The second-order valence-corrected chi connectivity index (χ2v) is 11.3. The van der Waals surface area contributed by atoms with Gasteiger partial charge in [-0.05, 0) is 73.9 Å². The molecule has 1 heterocycles. The standard InChI is InChI=1S/C31H37NO4S/c1-20(2)18-35-26-16-14-25(15-17-26)29(33)32-30-28(31(34)36-21(3)4)27(19-37-30)24-12-10-23(11-13-24)22-8-6-5-7-9-22/h10-17,19-22H,5-9,18H2,1-4H3,(H,32,33). The first-order valence-electron chi connectivity index (χ1n) is 13.3. The molecule has 1 saturated carbocycles. The van der Waals surface area contributed by atoms with Gasteiger partial charge in [-0.3, -0.25) is 4.79 Å². The van der Waals surface area contributed by atoms with Gasteiger partial charge in [0.1, 0.15) is 16.3 Å². The highest BCUT2D eigenvalue weighted by Gasteiger charge is 2.24. The van der Waals surface area contributed by atoms with Gasteiger partial charge in [0.05, 0.1) is 12.7 Å². The van der Waals surface area contributed by atoms with Crippen LogP contribution < -0.4 is 10.1 Å². The van der Waals surface area contributed by atoms with Crippen LogP contribution in [0.3, 0.4) is 0 Å². The zero-order valence-corrected chi connectivity index (χ0v) is 23.0. The smallest absolute Gasteiger partial charge is 0.342 e. The highest BCUT2D eigenvalue weighted by Crippen LogP contribution is 2.38. The third-order valence-electron chi connectivity index (χ3n) is 6.56. The fourth-order valence-corrected chi connectivity index (χ4v) is 5.60. The number of carbonyl (C=O) groups excluding carboxylic acids is 2. The van der Waals surface area contributed by atoms with E-state index < -0.39 is 5.97 Å². The Morgan fingerprint density at radius 2 is 1.62 bits per heavy atom. The van der Waals surface area contributed by atoms with Gasteiger partial charge in [-0.25, -0.2) is 4.79 Å². The summed E-state index contributed by atoms with van der Waals surface area (Å²) in [5, 5.41) is 5.35. The number of carbonyl (C=O) groups is 2. The molecule has 1 aliphatic carbocycles. The fraction of sp³-hybridized carbons (Fsp3) is 0.419. The molecule has 3 aromatic rings. The van der Waals surface area contributed by atoms with E-state index in [9.17, 15) is 9.59 Å². The predicted molar refractivity (Wildman–Crippen MR) is 151 cm³/mol. The molecule has 1 aromatic heterocycles. The first kappa shape index (κ1) is 26.9. The molecule has 0 saturated heterocycles. The summed E-state index contributed by atoms with van der Waals surface area (Å²) in [4.78, 5) is 26.2. The maximum Gasteiger partial charge on any atom is 0.342 e. The molecule has 0 spiro atoms. The Morgan fingerprint density at radius 3 is 2.24 bits per heavy atom. The summed E-state index contributed by atoms with van der Waals surface area (Å²) in [5.41, 5.74) is 3.97. The number of nitrogens with one attached hydrogen (secondary N) is 1. The summed E-state index contributed by atoms with van der Waals surface area (Å²) in [6, 6.07) is 15.6. The van der Waals surface area contributed by atoms with Crippen LogP contribution in [0.1, 0.15) is 92.0 Å². The monoisotopic (exact) mass is 519 g/mol. The Kier molecular flexibility index (Phi) is 9.04. The highest BCUT2D eigenvalue weighted by molar-refractivity contribution is 7.15. The lowest BCUT2D eigenvalue weighted by Gasteiger charge is -2.22. The molecular formula is C31H37NO4S. The third-order valence-corrected chi connectivity index (χ3v) is 7.46. The summed E-state index contributed by atoms with van der Waals surface area (Å²) in [6.45, 7) is 8.44. The van der Waals surface area contributed by atoms with Crippen molar-refractivity contribution < 1.29 is 19.1 Å². The fourth-order valence-electron chi connectivity index (χ4n) is 4.65. The van der Waals surface area contributed by atoms with E-state index in [-0.39, 0.29) is 12.0 Å². The van der Waals surface area contributed by atoms with E-state index in [4.69, 9.17) is 9.47 Å². The van der Waals surface area contributed by atoms with Crippen LogP contribution in [-0.4, -0.2) is 24.6 Å². The van der Waals surface area contributed by atoms with Crippen LogP contribution in [0.15, 0.2) is 53.9 Å².